The highest BCUT2D eigenvalue weighted by atomic mass is 16.2. The second-order valence-corrected chi connectivity index (χ2v) is 8.04. The molecule has 28 heavy (non-hydrogen) atoms. The van der Waals surface area contributed by atoms with E-state index >= 15 is 0 Å². The second-order valence-electron chi connectivity index (χ2n) is 8.04. The highest BCUT2D eigenvalue weighted by molar-refractivity contribution is 5.94. The number of hydrogen-bond acceptors (Lipinski definition) is 2. The van der Waals surface area contributed by atoms with Crippen LogP contribution in [-0.4, -0.2) is 52.4 Å². The Labute approximate surface area is 166 Å². The monoisotopic (exact) mass is 379 g/mol. The summed E-state index contributed by atoms with van der Waals surface area (Å²) in [7, 11) is 1.97. The molecule has 1 aromatic carbocycles. The van der Waals surface area contributed by atoms with Crippen LogP contribution in [0.1, 0.15) is 42.6 Å². The van der Waals surface area contributed by atoms with E-state index < -0.39 is 0 Å². The number of piperidine rings is 1. The van der Waals surface area contributed by atoms with Crippen LogP contribution < -0.4 is 0 Å². The molecule has 0 spiro atoms. The van der Waals surface area contributed by atoms with Crippen molar-refractivity contribution in [3.05, 3.63) is 48.2 Å². The lowest BCUT2D eigenvalue weighted by atomic mass is 9.93. The lowest BCUT2D eigenvalue weighted by Crippen LogP contribution is -2.40. The zero-order valence-electron chi connectivity index (χ0n) is 16.6. The van der Waals surface area contributed by atoms with Gasteiger partial charge in [0.05, 0.1) is 0 Å². The van der Waals surface area contributed by atoms with E-state index in [2.05, 4.69) is 12.1 Å². The summed E-state index contributed by atoms with van der Waals surface area (Å²) in [5, 5.41) is 0. The molecule has 5 heteroatoms. The lowest BCUT2D eigenvalue weighted by molar-refractivity contribution is -0.127. The third-order valence-corrected chi connectivity index (χ3v) is 6.29. The molecule has 0 radical (unpaired) electrons. The summed E-state index contributed by atoms with van der Waals surface area (Å²) >= 11 is 0. The zero-order chi connectivity index (χ0) is 19.5. The van der Waals surface area contributed by atoms with Crippen molar-refractivity contribution < 1.29 is 9.59 Å². The number of amides is 2. The van der Waals surface area contributed by atoms with Crippen LogP contribution >= 0.6 is 0 Å². The van der Waals surface area contributed by atoms with E-state index in [-0.39, 0.29) is 5.91 Å². The molecule has 2 aliphatic rings. The van der Waals surface area contributed by atoms with Gasteiger partial charge in [-0.15, -0.1) is 0 Å². The van der Waals surface area contributed by atoms with Crippen molar-refractivity contribution in [2.75, 3.05) is 26.2 Å². The quantitative estimate of drug-likeness (QED) is 0.797. The minimum atomic E-state index is 0.123. The number of benzene rings is 1. The number of carbonyl (C=O) groups excluding carboxylic acids is 2. The van der Waals surface area contributed by atoms with Gasteiger partial charge in [0.25, 0.3) is 5.91 Å². The fraction of sp³-hybridized carbons (Fsp3) is 0.478. The SMILES string of the molecule is Cn1c(C(=O)N2CCC(CCN3CCCC3=O)CC2)ccc1-c1ccccc1. The maximum Gasteiger partial charge on any atom is 0.270 e. The zero-order valence-corrected chi connectivity index (χ0v) is 16.6. The van der Waals surface area contributed by atoms with Gasteiger partial charge in [-0.1, -0.05) is 30.3 Å². The maximum atomic E-state index is 13.0. The van der Waals surface area contributed by atoms with Gasteiger partial charge in [0, 0.05) is 45.3 Å². The van der Waals surface area contributed by atoms with Gasteiger partial charge in [-0.2, -0.15) is 0 Å². The third-order valence-electron chi connectivity index (χ3n) is 6.29. The predicted octanol–water partition coefficient (Wildman–Crippen LogP) is 3.56. The van der Waals surface area contributed by atoms with Crippen molar-refractivity contribution >= 4 is 11.8 Å². The molecule has 0 N–H and O–H groups in total. The highest BCUT2D eigenvalue weighted by Gasteiger charge is 2.27. The van der Waals surface area contributed by atoms with Crippen molar-refractivity contribution in [2.24, 2.45) is 13.0 Å². The van der Waals surface area contributed by atoms with Crippen LogP contribution in [0.3, 0.4) is 0 Å². The van der Waals surface area contributed by atoms with E-state index in [4.69, 9.17) is 0 Å². The lowest BCUT2D eigenvalue weighted by Gasteiger charge is -2.33. The average Bonchev–Trinajstić information content (AvgIpc) is 3.32. The number of aromatic nitrogens is 1. The van der Waals surface area contributed by atoms with E-state index in [1.165, 1.54) is 0 Å². The molecule has 4 rings (SSSR count). The van der Waals surface area contributed by atoms with E-state index in [0.717, 1.165) is 68.8 Å². The molecule has 0 unspecified atom stereocenters. The molecule has 148 valence electrons. The molecule has 2 aliphatic heterocycles. The van der Waals surface area contributed by atoms with Gasteiger partial charge < -0.3 is 14.4 Å². The van der Waals surface area contributed by atoms with Crippen molar-refractivity contribution in [3.8, 4) is 11.3 Å². The Morgan fingerprint density at radius 3 is 2.46 bits per heavy atom. The largest absolute Gasteiger partial charge is 0.343 e. The molecule has 2 amide bonds. The summed E-state index contributed by atoms with van der Waals surface area (Å²) in [5.74, 6) is 1.05. The molecule has 2 fully saturated rings. The van der Waals surface area contributed by atoms with Crippen LogP contribution in [0.2, 0.25) is 0 Å². The molecule has 2 aromatic rings. The first kappa shape index (κ1) is 18.8. The van der Waals surface area contributed by atoms with Crippen LogP contribution in [0.5, 0.6) is 0 Å². The predicted molar refractivity (Wildman–Crippen MR) is 110 cm³/mol. The molecule has 0 bridgehead atoms. The van der Waals surface area contributed by atoms with E-state index in [1.807, 2.05) is 51.7 Å². The molecular weight excluding hydrogens is 350 g/mol. The molecule has 3 heterocycles. The molecule has 2 saturated heterocycles. The maximum absolute atomic E-state index is 13.0. The first-order chi connectivity index (χ1) is 13.6. The van der Waals surface area contributed by atoms with Crippen molar-refractivity contribution in [2.45, 2.75) is 32.1 Å². The van der Waals surface area contributed by atoms with Crippen molar-refractivity contribution in [1.82, 2.24) is 14.4 Å². The van der Waals surface area contributed by atoms with E-state index in [1.54, 1.807) is 0 Å². The van der Waals surface area contributed by atoms with Gasteiger partial charge >= 0.3 is 0 Å². The van der Waals surface area contributed by atoms with Gasteiger partial charge in [0.2, 0.25) is 5.91 Å². The number of likely N-dealkylation sites (tertiary alicyclic amines) is 2. The first-order valence-electron chi connectivity index (χ1n) is 10.4. The Morgan fingerprint density at radius 1 is 1.04 bits per heavy atom. The average molecular weight is 380 g/mol. The topological polar surface area (TPSA) is 45.6 Å². The van der Waals surface area contributed by atoms with Crippen molar-refractivity contribution in [3.63, 3.8) is 0 Å². The van der Waals surface area contributed by atoms with E-state index in [0.29, 0.717) is 18.2 Å². The third kappa shape index (κ3) is 3.84. The molecular formula is C23H29N3O2. The normalized spacial score (nSPS) is 18.1. The summed E-state index contributed by atoms with van der Waals surface area (Å²) in [6.07, 6.45) is 4.85. The number of nitrogens with zero attached hydrogens (tertiary/aromatic N) is 3. The summed E-state index contributed by atoms with van der Waals surface area (Å²) in [6.45, 7) is 3.43. The van der Waals surface area contributed by atoms with Crippen LogP contribution in [0, 0.1) is 5.92 Å². The molecule has 1 aromatic heterocycles. The molecule has 5 nitrogen and oxygen atoms in total. The molecule has 0 aliphatic carbocycles. The minimum absolute atomic E-state index is 0.123. The van der Waals surface area contributed by atoms with Crippen LogP contribution in [-0.2, 0) is 11.8 Å². The fourth-order valence-corrected chi connectivity index (χ4v) is 4.49. The smallest absolute Gasteiger partial charge is 0.270 e. The highest BCUT2D eigenvalue weighted by Crippen LogP contribution is 2.26. The summed E-state index contributed by atoms with van der Waals surface area (Å²) in [5.41, 5.74) is 2.94. The minimum Gasteiger partial charge on any atom is -0.343 e. The van der Waals surface area contributed by atoms with Gasteiger partial charge in [-0.25, -0.2) is 0 Å². The van der Waals surface area contributed by atoms with Crippen molar-refractivity contribution in [1.29, 1.82) is 0 Å². The van der Waals surface area contributed by atoms with Crippen LogP contribution in [0.15, 0.2) is 42.5 Å². The Balaban J connectivity index is 1.33. The summed E-state index contributed by atoms with van der Waals surface area (Å²) in [6, 6.07) is 14.1. The Morgan fingerprint density at radius 2 is 1.79 bits per heavy atom. The van der Waals surface area contributed by atoms with Gasteiger partial charge in [-0.3, -0.25) is 9.59 Å². The summed E-state index contributed by atoms with van der Waals surface area (Å²) in [4.78, 5) is 28.8. The van der Waals surface area contributed by atoms with Gasteiger partial charge in [0.15, 0.2) is 0 Å². The Kier molecular flexibility index (Phi) is 5.51. The summed E-state index contributed by atoms with van der Waals surface area (Å²) < 4.78 is 2.00. The van der Waals surface area contributed by atoms with Gasteiger partial charge in [0.1, 0.15) is 5.69 Å². The Hall–Kier alpha value is -2.56. The van der Waals surface area contributed by atoms with E-state index in [9.17, 15) is 9.59 Å². The van der Waals surface area contributed by atoms with Crippen LogP contribution in [0.25, 0.3) is 11.3 Å². The number of rotatable bonds is 5. The molecule has 0 atom stereocenters. The fourth-order valence-electron chi connectivity index (χ4n) is 4.49. The second kappa shape index (κ2) is 8.21. The molecule has 0 saturated carbocycles. The Bertz CT molecular complexity index is 835. The standard InChI is InChI=1S/C23H29N3O2/c1-24-20(19-6-3-2-4-7-19)9-10-21(24)23(28)26-16-12-18(13-17-26)11-15-25-14-5-8-22(25)27/h2-4,6-7,9-10,18H,5,8,11-17H2,1H3. The number of carbonyl (C=O) groups is 2. The van der Waals surface area contributed by atoms with Crippen LogP contribution in [0.4, 0.5) is 0 Å². The van der Waals surface area contributed by atoms with Gasteiger partial charge in [-0.05, 0) is 49.3 Å². The first-order valence-corrected chi connectivity index (χ1v) is 10.4. The number of hydrogen-bond donors (Lipinski definition) is 0.